The Balaban J connectivity index is 0.000000278. The number of para-hydroxylation sites is 1. The van der Waals surface area contributed by atoms with Gasteiger partial charge in [0.05, 0.1) is 0 Å². The molecular weight excluding hydrogens is 220 g/mol. The Morgan fingerprint density at radius 3 is 1.17 bits per heavy atom. The molecule has 0 heterocycles. The first-order chi connectivity index (χ1) is 8.72. The van der Waals surface area contributed by atoms with Crippen molar-refractivity contribution in [3.05, 3.63) is 66.7 Å². The molecule has 18 heavy (non-hydrogen) atoms. The maximum atomic E-state index is 2.75. The van der Waals surface area contributed by atoms with Crippen LogP contribution in [0.4, 0.5) is 5.69 Å². The van der Waals surface area contributed by atoms with E-state index in [9.17, 15) is 0 Å². The van der Waals surface area contributed by atoms with Crippen LogP contribution in [0.1, 0.15) is 0 Å². The molecule has 0 atom stereocenters. The van der Waals surface area contributed by atoms with E-state index >= 15 is 0 Å². The Morgan fingerprint density at radius 2 is 0.944 bits per heavy atom. The first-order valence-electron chi connectivity index (χ1n) is 6.03. The van der Waals surface area contributed by atoms with Gasteiger partial charge in [0.2, 0.25) is 0 Å². The van der Waals surface area contributed by atoms with Crippen molar-refractivity contribution in [1.82, 2.24) is 5.32 Å². The van der Waals surface area contributed by atoms with Crippen LogP contribution in [0.25, 0.3) is 0 Å². The molecule has 2 nitrogen and oxygen atoms in total. The van der Waals surface area contributed by atoms with Gasteiger partial charge >= 0.3 is 0 Å². The van der Waals surface area contributed by atoms with Crippen molar-refractivity contribution in [2.75, 3.05) is 33.1 Å². The second-order valence-electron chi connectivity index (χ2n) is 3.88. The van der Waals surface area contributed by atoms with Crippen molar-refractivity contribution >= 4 is 5.69 Å². The minimum atomic E-state index is 1.25. The first kappa shape index (κ1) is 16.2. The number of anilines is 1. The number of rotatable bonds is 1. The topological polar surface area (TPSA) is 15.3 Å². The minimum Gasteiger partial charge on any atom is -0.378 e. The molecule has 0 unspecified atom stereocenters. The summed E-state index contributed by atoms with van der Waals surface area (Å²) in [6.07, 6.45) is 0. The number of nitrogens with one attached hydrogen (secondary N) is 1. The van der Waals surface area contributed by atoms with E-state index in [4.69, 9.17) is 0 Å². The van der Waals surface area contributed by atoms with Crippen molar-refractivity contribution in [3.8, 4) is 0 Å². The van der Waals surface area contributed by atoms with Gasteiger partial charge < -0.3 is 10.2 Å². The Labute approximate surface area is 111 Å². The summed E-state index contributed by atoms with van der Waals surface area (Å²) >= 11 is 0. The summed E-state index contributed by atoms with van der Waals surface area (Å²) in [6, 6.07) is 22.3. The van der Waals surface area contributed by atoms with E-state index in [2.05, 4.69) is 22.3 Å². The van der Waals surface area contributed by atoms with Gasteiger partial charge in [-0.2, -0.15) is 0 Å². The minimum absolute atomic E-state index is 1.25. The molecule has 2 aromatic carbocycles. The van der Waals surface area contributed by atoms with Crippen LogP contribution in [0.15, 0.2) is 66.7 Å². The van der Waals surface area contributed by atoms with Gasteiger partial charge in [-0.05, 0) is 26.2 Å². The smallest absolute Gasteiger partial charge is 0.0360 e. The molecule has 0 amide bonds. The van der Waals surface area contributed by atoms with Gasteiger partial charge in [0.15, 0.2) is 0 Å². The normalized spacial score (nSPS) is 8.22. The lowest BCUT2D eigenvalue weighted by atomic mass is 10.3. The van der Waals surface area contributed by atoms with E-state index in [0.717, 1.165) is 0 Å². The highest BCUT2D eigenvalue weighted by Gasteiger charge is 1.87. The molecular formula is C16H24N2. The van der Waals surface area contributed by atoms with Gasteiger partial charge in [-0.15, -0.1) is 0 Å². The molecule has 2 rings (SSSR count). The summed E-state index contributed by atoms with van der Waals surface area (Å²) in [7, 11) is 7.82. The molecule has 0 aliphatic rings. The molecule has 0 radical (unpaired) electrons. The van der Waals surface area contributed by atoms with E-state index in [0.29, 0.717) is 0 Å². The Hall–Kier alpha value is -1.80. The van der Waals surface area contributed by atoms with Crippen LogP contribution < -0.4 is 10.2 Å². The molecule has 0 saturated heterocycles. The molecule has 2 aromatic rings. The first-order valence-corrected chi connectivity index (χ1v) is 6.03. The maximum Gasteiger partial charge on any atom is 0.0360 e. The second-order valence-corrected chi connectivity index (χ2v) is 3.88. The summed E-state index contributed by atoms with van der Waals surface area (Å²) in [5.41, 5.74) is 1.25. The lowest BCUT2D eigenvalue weighted by molar-refractivity contribution is 1.02. The molecule has 0 bridgehead atoms. The average Bonchev–Trinajstić information content (AvgIpc) is 2.43. The number of hydrogen-bond acceptors (Lipinski definition) is 2. The Morgan fingerprint density at radius 1 is 0.667 bits per heavy atom. The summed E-state index contributed by atoms with van der Waals surface area (Å²) in [5, 5.41) is 2.75. The van der Waals surface area contributed by atoms with E-state index in [1.165, 1.54) is 5.69 Å². The fourth-order valence-electron chi connectivity index (χ4n) is 1.11. The van der Waals surface area contributed by atoms with Crippen molar-refractivity contribution in [2.45, 2.75) is 0 Å². The van der Waals surface area contributed by atoms with Gasteiger partial charge in [-0.25, -0.2) is 0 Å². The number of nitrogens with zero attached hydrogens (tertiary/aromatic N) is 1. The Bertz CT molecular complexity index is 331. The molecule has 0 fully saturated rings. The van der Waals surface area contributed by atoms with Gasteiger partial charge in [-0.3, -0.25) is 0 Å². The third kappa shape index (κ3) is 9.43. The third-order valence-electron chi connectivity index (χ3n) is 1.94. The predicted octanol–water partition coefficient (Wildman–Crippen LogP) is 3.27. The summed E-state index contributed by atoms with van der Waals surface area (Å²) < 4.78 is 0. The molecule has 0 aliphatic carbocycles. The quantitative estimate of drug-likeness (QED) is 0.828. The highest BCUT2D eigenvalue weighted by molar-refractivity contribution is 5.43. The fourth-order valence-corrected chi connectivity index (χ4v) is 1.11. The molecule has 0 saturated carbocycles. The van der Waals surface area contributed by atoms with Crippen LogP contribution in [0.3, 0.4) is 0 Å². The van der Waals surface area contributed by atoms with Crippen LogP contribution >= 0.6 is 0 Å². The largest absolute Gasteiger partial charge is 0.378 e. The summed E-state index contributed by atoms with van der Waals surface area (Å²) in [4.78, 5) is 2.08. The van der Waals surface area contributed by atoms with Crippen LogP contribution in [-0.2, 0) is 0 Å². The zero-order chi connectivity index (χ0) is 13.6. The van der Waals surface area contributed by atoms with Crippen molar-refractivity contribution in [3.63, 3.8) is 0 Å². The third-order valence-corrected chi connectivity index (χ3v) is 1.94. The molecule has 2 heteroatoms. The predicted molar refractivity (Wildman–Crippen MR) is 82.2 cm³/mol. The van der Waals surface area contributed by atoms with Gasteiger partial charge in [-0.1, -0.05) is 54.6 Å². The van der Waals surface area contributed by atoms with Crippen LogP contribution in [0, 0.1) is 0 Å². The number of hydrogen-bond donors (Lipinski definition) is 1. The van der Waals surface area contributed by atoms with Crippen molar-refractivity contribution in [1.29, 1.82) is 0 Å². The lowest BCUT2D eigenvalue weighted by Crippen LogP contribution is -2.07. The molecule has 0 aromatic heterocycles. The van der Waals surface area contributed by atoms with Gasteiger partial charge in [0, 0.05) is 19.8 Å². The molecule has 0 spiro atoms. The second kappa shape index (κ2) is 11.7. The monoisotopic (exact) mass is 244 g/mol. The maximum absolute atomic E-state index is 2.75. The average molecular weight is 244 g/mol. The lowest BCUT2D eigenvalue weighted by Gasteiger charge is -2.10. The molecule has 98 valence electrons. The van der Waals surface area contributed by atoms with E-state index in [-0.39, 0.29) is 0 Å². The fraction of sp³-hybridized carbons (Fsp3) is 0.250. The molecule has 0 aliphatic heterocycles. The highest BCUT2D eigenvalue weighted by Crippen LogP contribution is 2.07. The number of benzene rings is 2. The van der Waals surface area contributed by atoms with Crippen LogP contribution in [0.5, 0.6) is 0 Å². The highest BCUT2D eigenvalue weighted by atomic mass is 15.1. The zero-order valence-electron chi connectivity index (χ0n) is 11.8. The van der Waals surface area contributed by atoms with E-state index in [1.807, 2.05) is 82.8 Å². The zero-order valence-corrected chi connectivity index (χ0v) is 11.8. The summed E-state index contributed by atoms with van der Waals surface area (Å²) in [6.45, 7) is 0. The van der Waals surface area contributed by atoms with Gasteiger partial charge in [0.1, 0.15) is 0 Å². The Kier molecular flexibility index (Phi) is 10.5. The standard InChI is InChI=1S/C8H11N.C6H6.C2H7N/c1-9(2)8-6-4-3-5-7-8;1-2-4-6-5-3-1;1-3-2/h3-7H,1-2H3;1-6H;3H,1-2H3. The SMILES string of the molecule is CN(C)c1ccccc1.CNC.c1ccccc1. The van der Waals surface area contributed by atoms with E-state index in [1.54, 1.807) is 0 Å². The van der Waals surface area contributed by atoms with Gasteiger partial charge in [0.25, 0.3) is 0 Å². The van der Waals surface area contributed by atoms with Crippen molar-refractivity contribution in [2.24, 2.45) is 0 Å². The summed E-state index contributed by atoms with van der Waals surface area (Å²) in [5.74, 6) is 0. The van der Waals surface area contributed by atoms with Crippen LogP contribution in [-0.4, -0.2) is 28.2 Å². The molecule has 1 N–H and O–H groups in total. The van der Waals surface area contributed by atoms with Crippen molar-refractivity contribution < 1.29 is 0 Å². The van der Waals surface area contributed by atoms with E-state index < -0.39 is 0 Å². The van der Waals surface area contributed by atoms with Crippen LogP contribution in [0.2, 0.25) is 0 Å².